The van der Waals surface area contributed by atoms with Gasteiger partial charge in [0.25, 0.3) is 5.91 Å². The van der Waals surface area contributed by atoms with Gasteiger partial charge in [0.1, 0.15) is 5.82 Å². The van der Waals surface area contributed by atoms with E-state index in [0.29, 0.717) is 5.75 Å². The Bertz CT molecular complexity index is 438. The number of hydrogen-bond acceptors (Lipinski definition) is 4. The van der Waals surface area contributed by atoms with E-state index in [1.807, 2.05) is 6.26 Å². The topological polar surface area (TPSA) is 75.3 Å². The summed E-state index contributed by atoms with van der Waals surface area (Å²) in [6, 6.07) is 3.59. The molecule has 6 heteroatoms. The summed E-state index contributed by atoms with van der Waals surface area (Å²) in [5.41, 5.74) is 4.86. The number of nitrogens with two attached hydrogens (primary N) is 1. The Labute approximate surface area is 110 Å². The van der Waals surface area contributed by atoms with Crippen LogP contribution in [0.1, 0.15) is 17.3 Å². The van der Waals surface area contributed by atoms with Gasteiger partial charge in [-0.05, 0) is 31.4 Å². The van der Waals surface area contributed by atoms with Crippen molar-refractivity contribution >= 4 is 23.4 Å². The quantitative estimate of drug-likeness (QED) is 0.705. The van der Waals surface area contributed by atoms with Crippen molar-refractivity contribution in [1.82, 2.24) is 5.32 Å². The molecule has 0 heterocycles. The van der Waals surface area contributed by atoms with E-state index in [2.05, 4.69) is 5.32 Å². The van der Waals surface area contributed by atoms with Gasteiger partial charge in [-0.2, -0.15) is 11.8 Å². The van der Waals surface area contributed by atoms with Crippen LogP contribution < -0.4 is 11.1 Å². The normalized spacial score (nSPS) is 14.0. The molecule has 0 bridgehead atoms. The van der Waals surface area contributed by atoms with Crippen LogP contribution in [0.25, 0.3) is 0 Å². The molecular weight excluding hydrogens is 255 g/mol. The van der Waals surface area contributed by atoms with E-state index in [9.17, 15) is 14.3 Å². The van der Waals surface area contributed by atoms with Crippen LogP contribution >= 0.6 is 11.8 Å². The Kier molecular flexibility index (Phi) is 4.98. The van der Waals surface area contributed by atoms with Crippen LogP contribution in [-0.2, 0) is 0 Å². The third kappa shape index (κ3) is 4.19. The van der Waals surface area contributed by atoms with Crippen molar-refractivity contribution in [2.75, 3.05) is 24.3 Å². The van der Waals surface area contributed by atoms with Crippen molar-refractivity contribution in [3.8, 4) is 0 Å². The molecule has 4 nitrogen and oxygen atoms in total. The number of halogens is 1. The minimum absolute atomic E-state index is 0.0806. The molecule has 0 aliphatic heterocycles. The first kappa shape index (κ1) is 14.8. The number of thioether (sulfide) groups is 1. The summed E-state index contributed by atoms with van der Waals surface area (Å²) >= 11 is 1.49. The van der Waals surface area contributed by atoms with E-state index in [1.165, 1.54) is 23.9 Å². The molecule has 0 aromatic heterocycles. The number of benzene rings is 1. The minimum Gasteiger partial charge on any atom is -0.398 e. The van der Waals surface area contributed by atoms with Crippen LogP contribution in [0.2, 0.25) is 0 Å². The van der Waals surface area contributed by atoms with Crippen molar-refractivity contribution in [1.29, 1.82) is 0 Å². The number of aliphatic hydroxyl groups is 1. The standard InChI is InChI=1S/C12H17FN2O2S/c1-12(17,7-18-2)6-15-11(16)9-4-3-8(13)5-10(9)14/h3-5,17H,6-7,14H2,1-2H3,(H,15,16). The number of anilines is 1. The third-order valence-corrected chi connectivity index (χ3v) is 3.25. The highest BCUT2D eigenvalue weighted by Crippen LogP contribution is 2.14. The molecule has 1 unspecified atom stereocenters. The lowest BCUT2D eigenvalue weighted by Gasteiger charge is -2.22. The summed E-state index contributed by atoms with van der Waals surface area (Å²) in [6.45, 7) is 1.75. The smallest absolute Gasteiger partial charge is 0.253 e. The number of nitrogens with one attached hydrogen (secondary N) is 1. The second kappa shape index (κ2) is 6.06. The Morgan fingerprint density at radius 1 is 1.61 bits per heavy atom. The maximum Gasteiger partial charge on any atom is 0.253 e. The van der Waals surface area contributed by atoms with Gasteiger partial charge < -0.3 is 16.2 Å². The maximum absolute atomic E-state index is 12.8. The van der Waals surface area contributed by atoms with Gasteiger partial charge in [0.05, 0.1) is 11.2 Å². The lowest BCUT2D eigenvalue weighted by atomic mass is 10.1. The van der Waals surface area contributed by atoms with E-state index < -0.39 is 17.3 Å². The molecule has 0 saturated heterocycles. The zero-order valence-corrected chi connectivity index (χ0v) is 11.2. The van der Waals surface area contributed by atoms with Gasteiger partial charge >= 0.3 is 0 Å². The molecule has 0 fully saturated rings. The SMILES string of the molecule is CSCC(C)(O)CNC(=O)c1ccc(F)cc1N. The van der Waals surface area contributed by atoms with Gasteiger partial charge in [0, 0.05) is 18.0 Å². The van der Waals surface area contributed by atoms with Crippen molar-refractivity contribution in [2.45, 2.75) is 12.5 Å². The number of amides is 1. The minimum atomic E-state index is -0.982. The number of carbonyl (C=O) groups excluding carboxylic acids is 1. The molecule has 1 rings (SSSR count). The molecule has 0 saturated carbocycles. The molecule has 0 spiro atoms. The molecule has 4 N–H and O–H groups in total. The lowest BCUT2D eigenvalue weighted by molar-refractivity contribution is 0.0725. The molecule has 100 valence electrons. The van der Waals surface area contributed by atoms with Gasteiger partial charge in [0.15, 0.2) is 0 Å². The summed E-state index contributed by atoms with van der Waals surface area (Å²) in [5.74, 6) is -0.404. The van der Waals surface area contributed by atoms with Crippen molar-refractivity contribution in [3.63, 3.8) is 0 Å². The molecule has 1 atom stereocenters. The molecule has 0 aliphatic carbocycles. The summed E-state index contributed by atoms with van der Waals surface area (Å²) in [5, 5.41) is 12.5. The molecule has 1 aromatic carbocycles. The van der Waals surface area contributed by atoms with Crippen molar-refractivity contribution in [2.24, 2.45) is 0 Å². The summed E-state index contributed by atoms with van der Waals surface area (Å²) in [7, 11) is 0. The van der Waals surface area contributed by atoms with Crippen molar-refractivity contribution in [3.05, 3.63) is 29.6 Å². The van der Waals surface area contributed by atoms with Crippen LogP contribution in [-0.4, -0.2) is 35.2 Å². The zero-order chi connectivity index (χ0) is 13.8. The first-order valence-corrected chi connectivity index (χ1v) is 6.79. The number of carbonyl (C=O) groups is 1. The van der Waals surface area contributed by atoms with E-state index in [0.717, 1.165) is 6.07 Å². The summed E-state index contributed by atoms with van der Waals surface area (Å²) < 4.78 is 12.8. The highest BCUT2D eigenvalue weighted by Gasteiger charge is 2.21. The van der Waals surface area contributed by atoms with Crippen LogP contribution in [0, 0.1) is 5.82 Å². The van der Waals surface area contributed by atoms with E-state index in [-0.39, 0.29) is 17.8 Å². The lowest BCUT2D eigenvalue weighted by Crippen LogP contribution is -2.42. The maximum atomic E-state index is 12.8. The fourth-order valence-corrected chi connectivity index (χ4v) is 2.19. The Morgan fingerprint density at radius 3 is 2.83 bits per heavy atom. The molecule has 1 aromatic rings. The Hall–Kier alpha value is -1.27. The van der Waals surface area contributed by atoms with Gasteiger partial charge in [-0.1, -0.05) is 0 Å². The van der Waals surface area contributed by atoms with Crippen LogP contribution in [0.4, 0.5) is 10.1 Å². The van der Waals surface area contributed by atoms with Gasteiger partial charge in [-0.25, -0.2) is 4.39 Å². The van der Waals surface area contributed by atoms with Crippen LogP contribution in [0.3, 0.4) is 0 Å². The first-order chi connectivity index (χ1) is 8.35. The van der Waals surface area contributed by atoms with E-state index in [4.69, 9.17) is 5.73 Å². The highest BCUT2D eigenvalue weighted by atomic mass is 32.2. The number of rotatable bonds is 5. The molecule has 0 aliphatic rings. The molecular formula is C12H17FN2O2S. The molecule has 18 heavy (non-hydrogen) atoms. The zero-order valence-electron chi connectivity index (χ0n) is 10.4. The third-order valence-electron chi connectivity index (χ3n) is 2.34. The van der Waals surface area contributed by atoms with E-state index in [1.54, 1.807) is 6.92 Å². The van der Waals surface area contributed by atoms with Crippen molar-refractivity contribution < 1.29 is 14.3 Å². The average molecular weight is 272 g/mol. The average Bonchev–Trinajstić information content (AvgIpc) is 2.26. The second-order valence-corrected chi connectivity index (χ2v) is 5.21. The van der Waals surface area contributed by atoms with Gasteiger partial charge in [-0.15, -0.1) is 0 Å². The second-order valence-electron chi connectivity index (χ2n) is 4.34. The fraction of sp³-hybridized carbons (Fsp3) is 0.417. The molecule has 1 amide bonds. The largest absolute Gasteiger partial charge is 0.398 e. The van der Waals surface area contributed by atoms with Crippen LogP contribution in [0.15, 0.2) is 18.2 Å². The van der Waals surface area contributed by atoms with Crippen LogP contribution in [0.5, 0.6) is 0 Å². The molecule has 0 radical (unpaired) electrons. The predicted molar refractivity (Wildman–Crippen MR) is 72.2 cm³/mol. The summed E-state index contributed by atoms with van der Waals surface area (Å²) in [6.07, 6.45) is 1.87. The van der Waals surface area contributed by atoms with Gasteiger partial charge in [-0.3, -0.25) is 4.79 Å². The number of nitrogen functional groups attached to an aromatic ring is 1. The summed E-state index contributed by atoms with van der Waals surface area (Å²) in [4.78, 5) is 11.8. The first-order valence-electron chi connectivity index (χ1n) is 5.40. The fourth-order valence-electron chi connectivity index (χ4n) is 1.47. The Balaban J connectivity index is 2.66. The Morgan fingerprint density at radius 2 is 2.28 bits per heavy atom. The van der Waals surface area contributed by atoms with E-state index >= 15 is 0 Å². The predicted octanol–water partition coefficient (Wildman–Crippen LogP) is 1.25. The number of hydrogen-bond donors (Lipinski definition) is 3. The highest BCUT2D eigenvalue weighted by molar-refractivity contribution is 7.98. The monoisotopic (exact) mass is 272 g/mol. The van der Waals surface area contributed by atoms with Gasteiger partial charge in [0.2, 0.25) is 0 Å².